The maximum absolute atomic E-state index is 11.8. The van der Waals surface area contributed by atoms with E-state index in [9.17, 15) is 9.00 Å². The normalized spacial score (nSPS) is 22.6. The highest BCUT2D eigenvalue weighted by Gasteiger charge is 2.42. The maximum atomic E-state index is 11.8. The summed E-state index contributed by atoms with van der Waals surface area (Å²) < 4.78 is 11.1. The number of hydrogen-bond donors (Lipinski definition) is 2. The predicted octanol–water partition coefficient (Wildman–Crippen LogP) is -0.00140. The second-order valence-corrected chi connectivity index (χ2v) is 6.16. The summed E-state index contributed by atoms with van der Waals surface area (Å²) >= 11 is 0. The Labute approximate surface area is 93.4 Å². The molecule has 2 atom stereocenters. The Balaban J connectivity index is 2.39. The van der Waals surface area contributed by atoms with Gasteiger partial charge in [-0.2, -0.15) is 0 Å². The Bertz CT molecular complexity index is 259. The highest BCUT2D eigenvalue weighted by atomic mass is 32.2. The minimum Gasteiger partial charge on any atom is -0.354 e. The van der Waals surface area contributed by atoms with E-state index in [2.05, 4.69) is 5.32 Å². The lowest BCUT2D eigenvalue weighted by Gasteiger charge is -2.39. The quantitative estimate of drug-likeness (QED) is 0.701. The summed E-state index contributed by atoms with van der Waals surface area (Å²) in [6.45, 7) is 2.76. The zero-order valence-electron chi connectivity index (χ0n) is 9.41. The van der Waals surface area contributed by atoms with Gasteiger partial charge >= 0.3 is 0 Å². The lowest BCUT2D eigenvalue weighted by Crippen LogP contribution is -2.51. The molecule has 0 radical (unpaired) electrons. The van der Waals surface area contributed by atoms with E-state index < -0.39 is 10.8 Å². The molecule has 3 N–H and O–H groups in total. The number of rotatable bonds is 5. The smallest absolute Gasteiger partial charge is 0.227 e. The third kappa shape index (κ3) is 2.78. The molecule has 1 amide bonds. The van der Waals surface area contributed by atoms with Crippen molar-refractivity contribution in [2.24, 2.45) is 11.1 Å². The van der Waals surface area contributed by atoms with Gasteiger partial charge in [-0.05, 0) is 19.8 Å². The van der Waals surface area contributed by atoms with Gasteiger partial charge in [0.15, 0.2) is 0 Å². The molecular formula is C10H20N2O2S. The molecule has 1 aliphatic carbocycles. The monoisotopic (exact) mass is 232 g/mol. The van der Waals surface area contributed by atoms with Crippen molar-refractivity contribution in [2.75, 3.05) is 19.3 Å². The van der Waals surface area contributed by atoms with Crippen LogP contribution in [0.25, 0.3) is 0 Å². The summed E-state index contributed by atoms with van der Waals surface area (Å²) in [6.07, 6.45) is 4.51. The molecule has 15 heavy (non-hydrogen) atoms. The summed E-state index contributed by atoms with van der Waals surface area (Å²) in [5.74, 6) is 0.0357. The van der Waals surface area contributed by atoms with E-state index in [0.29, 0.717) is 13.1 Å². The standard InChI is InChI=1S/C10H20N2O2S/c1-8(15(2)14)6-12-9(13)10(7-11)4-3-5-10/h8H,3-7,11H2,1-2H3,(H,12,13). The van der Waals surface area contributed by atoms with Crippen molar-refractivity contribution in [1.82, 2.24) is 5.32 Å². The first-order valence-electron chi connectivity index (χ1n) is 5.32. The van der Waals surface area contributed by atoms with Gasteiger partial charge in [0.05, 0.1) is 5.41 Å². The molecule has 1 saturated carbocycles. The van der Waals surface area contributed by atoms with Crippen LogP contribution in [-0.4, -0.2) is 34.7 Å². The van der Waals surface area contributed by atoms with Gasteiger partial charge in [0.25, 0.3) is 0 Å². The molecule has 0 heterocycles. The van der Waals surface area contributed by atoms with Gasteiger partial charge in [-0.25, -0.2) is 0 Å². The molecule has 0 spiro atoms. The molecule has 1 rings (SSSR count). The Morgan fingerprint density at radius 2 is 2.20 bits per heavy atom. The predicted molar refractivity (Wildman–Crippen MR) is 61.9 cm³/mol. The number of nitrogens with one attached hydrogen (secondary N) is 1. The molecule has 4 nitrogen and oxygen atoms in total. The Kier molecular flexibility index (Phi) is 4.28. The molecule has 2 unspecified atom stereocenters. The first-order valence-corrected chi connectivity index (χ1v) is 6.94. The van der Waals surface area contributed by atoms with Crippen molar-refractivity contribution in [3.05, 3.63) is 0 Å². The first-order chi connectivity index (χ1) is 7.02. The van der Waals surface area contributed by atoms with Gasteiger partial charge in [0.1, 0.15) is 0 Å². The van der Waals surface area contributed by atoms with Gasteiger partial charge in [0, 0.05) is 35.4 Å². The zero-order valence-corrected chi connectivity index (χ0v) is 10.2. The lowest BCUT2D eigenvalue weighted by molar-refractivity contribution is -0.135. The van der Waals surface area contributed by atoms with E-state index in [4.69, 9.17) is 5.73 Å². The van der Waals surface area contributed by atoms with Crippen LogP contribution in [0.15, 0.2) is 0 Å². The topological polar surface area (TPSA) is 72.2 Å². The Morgan fingerprint density at radius 3 is 2.53 bits per heavy atom. The molecule has 1 aliphatic rings. The van der Waals surface area contributed by atoms with Crippen molar-refractivity contribution >= 4 is 16.7 Å². The van der Waals surface area contributed by atoms with Crippen LogP contribution >= 0.6 is 0 Å². The fourth-order valence-corrected chi connectivity index (χ4v) is 1.99. The highest BCUT2D eigenvalue weighted by Crippen LogP contribution is 2.39. The highest BCUT2D eigenvalue weighted by molar-refractivity contribution is 7.84. The second-order valence-electron chi connectivity index (χ2n) is 4.36. The lowest BCUT2D eigenvalue weighted by atomic mass is 9.68. The fraction of sp³-hybridized carbons (Fsp3) is 0.900. The van der Waals surface area contributed by atoms with Crippen LogP contribution in [-0.2, 0) is 15.6 Å². The van der Waals surface area contributed by atoms with Gasteiger partial charge in [-0.1, -0.05) is 6.42 Å². The molecule has 0 bridgehead atoms. The summed E-state index contributed by atoms with van der Waals surface area (Å²) in [5, 5.41) is 2.85. The van der Waals surface area contributed by atoms with Crippen LogP contribution in [0.1, 0.15) is 26.2 Å². The van der Waals surface area contributed by atoms with Gasteiger partial charge in [0.2, 0.25) is 5.91 Å². The number of nitrogens with two attached hydrogens (primary N) is 1. The molecule has 0 aliphatic heterocycles. The SMILES string of the molecule is CC(CNC(=O)C1(CN)CCC1)S(C)=O. The largest absolute Gasteiger partial charge is 0.354 e. The van der Waals surface area contributed by atoms with E-state index >= 15 is 0 Å². The molecule has 5 heteroatoms. The summed E-state index contributed by atoms with van der Waals surface area (Å²) in [4.78, 5) is 11.8. The minimum atomic E-state index is -0.885. The van der Waals surface area contributed by atoms with E-state index in [1.165, 1.54) is 0 Å². The Morgan fingerprint density at radius 1 is 1.60 bits per heavy atom. The van der Waals surface area contributed by atoms with Crippen molar-refractivity contribution in [1.29, 1.82) is 0 Å². The summed E-state index contributed by atoms with van der Waals surface area (Å²) in [5.41, 5.74) is 5.29. The van der Waals surface area contributed by atoms with Crippen molar-refractivity contribution in [2.45, 2.75) is 31.4 Å². The maximum Gasteiger partial charge on any atom is 0.227 e. The van der Waals surface area contributed by atoms with E-state index in [0.717, 1.165) is 19.3 Å². The van der Waals surface area contributed by atoms with Crippen LogP contribution in [0.4, 0.5) is 0 Å². The van der Waals surface area contributed by atoms with E-state index in [1.807, 2.05) is 6.92 Å². The number of carbonyl (C=O) groups is 1. The summed E-state index contributed by atoms with van der Waals surface area (Å²) in [6, 6.07) is 0. The molecule has 0 saturated heterocycles. The average molecular weight is 232 g/mol. The average Bonchev–Trinajstić information content (AvgIpc) is 2.13. The molecule has 0 aromatic rings. The van der Waals surface area contributed by atoms with Crippen molar-refractivity contribution in [3.63, 3.8) is 0 Å². The summed E-state index contributed by atoms with van der Waals surface area (Å²) in [7, 11) is -0.885. The molecule has 88 valence electrons. The molecular weight excluding hydrogens is 212 g/mol. The number of amides is 1. The third-order valence-corrected chi connectivity index (χ3v) is 4.60. The molecule has 1 fully saturated rings. The first kappa shape index (κ1) is 12.6. The third-order valence-electron chi connectivity index (χ3n) is 3.30. The van der Waals surface area contributed by atoms with Crippen LogP contribution in [0.2, 0.25) is 0 Å². The van der Waals surface area contributed by atoms with Crippen LogP contribution in [0.3, 0.4) is 0 Å². The zero-order chi connectivity index (χ0) is 11.5. The van der Waals surface area contributed by atoms with Crippen LogP contribution < -0.4 is 11.1 Å². The van der Waals surface area contributed by atoms with Gasteiger partial charge in [-0.3, -0.25) is 9.00 Å². The molecule has 0 aromatic carbocycles. The van der Waals surface area contributed by atoms with E-state index in [1.54, 1.807) is 6.26 Å². The second kappa shape index (κ2) is 5.07. The Hall–Kier alpha value is -0.420. The van der Waals surface area contributed by atoms with Gasteiger partial charge in [-0.15, -0.1) is 0 Å². The van der Waals surface area contributed by atoms with Gasteiger partial charge < -0.3 is 11.1 Å². The number of hydrogen-bond acceptors (Lipinski definition) is 3. The van der Waals surface area contributed by atoms with E-state index in [-0.39, 0.29) is 16.6 Å². The van der Waals surface area contributed by atoms with Crippen molar-refractivity contribution in [3.8, 4) is 0 Å². The van der Waals surface area contributed by atoms with Crippen LogP contribution in [0.5, 0.6) is 0 Å². The van der Waals surface area contributed by atoms with Crippen LogP contribution in [0, 0.1) is 5.41 Å². The minimum absolute atomic E-state index is 0.00357. The molecule has 0 aromatic heterocycles. The van der Waals surface area contributed by atoms with Crippen molar-refractivity contribution < 1.29 is 9.00 Å². The number of carbonyl (C=O) groups excluding carboxylic acids is 1. The fourth-order valence-electron chi connectivity index (χ4n) is 1.67.